The molecule has 0 bridgehead atoms. The minimum absolute atomic E-state index is 0.392. The van der Waals surface area contributed by atoms with Gasteiger partial charge in [0, 0.05) is 0 Å². The summed E-state index contributed by atoms with van der Waals surface area (Å²) in [4.78, 5) is 0. The first-order chi connectivity index (χ1) is 4.16. The van der Waals surface area contributed by atoms with E-state index in [1.165, 1.54) is 5.57 Å². The Morgan fingerprint density at radius 1 is 1.78 bits per heavy atom. The van der Waals surface area contributed by atoms with Crippen LogP contribution in [0.1, 0.15) is 32.6 Å². The van der Waals surface area contributed by atoms with Gasteiger partial charge in [-0.2, -0.15) is 0 Å². The second kappa shape index (κ2) is 2.14. The van der Waals surface area contributed by atoms with Crippen molar-refractivity contribution < 1.29 is 5.11 Å². The van der Waals surface area contributed by atoms with Crippen LogP contribution in [-0.2, 0) is 0 Å². The molecule has 1 atom stereocenters. The van der Waals surface area contributed by atoms with Crippen LogP contribution in [0.15, 0.2) is 12.2 Å². The van der Waals surface area contributed by atoms with Crippen LogP contribution in [0.2, 0.25) is 0 Å². The summed E-state index contributed by atoms with van der Waals surface area (Å²) in [5.41, 5.74) is 0.816. The van der Waals surface area contributed by atoms with Gasteiger partial charge in [0.05, 0.1) is 5.60 Å². The van der Waals surface area contributed by atoms with E-state index in [2.05, 4.69) is 6.58 Å². The van der Waals surface area contributed by atoms with E-state index >= 15 is 0 Å². The first-order valence-electron chi connectivity index (χ1n) is 3.55. The van der Waals surface area contributed by atoms with Crippen LogP contribution in [0.5, 0.6) is 0 Å². The Balaban J connectivity index is 2.54. The van der Waals surface area contributed by atoms with Gasteiger partial charge < -0.3 is 5.11 Å². The molecule has 1 rings (SSSR count). The molecule has 0 aliphatic heterocycles. The monoisotopic (exact) mass is 126 g/mol. The molecule has 1 nitrogen and oxygen atoms in total. The van der Waals surface area contributed by atoms with Crippen molar-refractivity contribution in [2.45, 2.75) is 38.2 Å². The van der Waals surface area contributed by atoms with Crippen LogP contribution < -0.4 is 0 Å². The summed E-state index contributed by atoms with van der Waals surface area (Å²) in [6.07, 6.45) is 3.63. The smallest absolute Gasteiger partial charge is 0.0685 e. The maximum absolute atomic E-state index is 9.61. The van der Waals surface area contributed by atoms with E-state index in [0.29, 0.717) is 0 Å². The van der Waals surface area contributed by atoms with E-state index < -0.39 is 5.60 Å². The molecule has 1 N–H and O–H groups in total. The van der Waals surface area contributed by atoms with Gasteiger partial charge >= 0.3 is 0 Å². The first-order valence-corrected chi connectivity index (χ1v) is 3.55. The Labute approximate surface area is 56.4 Å². The molecule has 0 heterocycles. The summed E-state index contributed by atoms with van der Waals surface area (Å²) in [5, 5.41) is 9.61. The van der Waals surface area contributed by atoms with Gasteiger partial charge in [-0.3, -0.25) is 0 Å². The van der Waals surface area contributed by atoms with E-state index in [1.807, 2.05) is 6.92 Å². The molecular weight excluding hydrogens is 112 g/mol. The molecule has 0 amide bonds. The highest BCUT2D eigenvalue weighted by molar-refractivity contribution is 5.08. The fraction of sp³-hybridized carbons (Fsp3) is 0.750. The average molecular weight is 126 g/mol. The molecule has 1 aliphatic carbocycles. The fourth-order valence-corrected chi connectivity index (χ4v) is 1.35. The molecule has 0 aromatic carbocycles. The Hall–Kier alpha value is -0.300. The summed E-state index contributed by atoms with van der Waals surface area (Å²) in [5.74, 6) is 0. The van der Waals surface area contributed by atoms with Crippen molar-refractivity contribution in [3.63, 3.8) is 0 Å². The van der Waals surface area contributed by atoms with Crippen molar-refractivity contribution in [1.82, 2.24) is 0 Å². The van der Waals surface area contributed by atoms with Gasteiger partial charge in [-0.25, -0.2) is 0 Å². The van der Waals surface area contributed by atoms with Crippen molar-refractivity contribution in [2.24, 2.45) is 0 Å². The van der Waals surface area contributed by atoms with Crippen molar-refractivity contribution in [2.75, 3.05) is 0 Å². The number of hydrogen-bond donors (Lipinski definition) is 1. The van der Waals surface area contributed by atoms with E-state index in [9.17, 15) is 5.11 Å². The normalized spacial score (nSPS) is 35.6. The van der Waals surface area contributed by atoms with Crippen molar-refractivity contribution in [1.29, 1.82) is 0 Å². The highest BCUT2D eigenvalue weighted by Crippen LogP contribution is 2.34. The minimum Gasteiger partial charge on any atom is -0.390 e. The molecule has 1 aliphatic rings. The minimum atomic E-state index is -0.392. The van der Waals surface area contributed by atoms with Gasteiger partial charge in [0.1, 0.15) is 0 Å². The molecule has 52 valence electrons. The maximum atomic E-state index is 9.61. The first kappa shape index (κ1) is 6.81. The third-order valence-electron chi connectivity index (χ3n) is 2.18. The van der Waals surface area contributed by atoms with Gasteiger partial charge in [-0.1, -0.05) is 19.1 Å². The highest BCUT2D eigenvalue weighted by Gasteiger charge is 2.30. The van der Waals surface area contributed by atoms with Gasteiger partial charge in [-0.15, -0.1) is 0 Å². The zero-order valence-corrected chi connectivity index (χ0v) is 5.98. The maximum Gasteiger partial charge on any atom is 0.0685 e. The second-order valence-electron chi connectivity index (χ2n) is 3.00. The number of aliphatic hydroxyl groups is 1. The zero-order chi connectivity index (χ0) is 6.91. The van der Waals surface area contributed by atoms with Crippen LogP contribution in [0.3, 0.4) is 0 Å². The van der Waals surface area contributed by atoms with Crippen LogP contribution in [0.25, 0.3) is 0 Å². The third kappa shape index (κ3) is 1.33. The quantitative estimate of drug-likeness (QED) is 0.532. The number of rotatable bonds is 1. The van der Waals surface area contributed by atoms with E-state index in [1.54, 1.807) is 0 Å². The Morgan fingerprint density at radius 2 is 2.44 bits per heavy atom. The molecule has 1 saturated carbocycles. The van der Waals surface area contributed by atoms with Crippen LogP contribution in [0.4, 0.5) is 0 Å². The topological polar surface area (TPSA) is 20.2 Å². The lowest BCUT2D eigenvalue weighted by Crippen LogP contribution is -2.21. The van der Waals surface area contributed by atoms with Crippen LogP contribution >= 0.6 is 0 Å². The molecular formula is C8H14O. The second-order valence-corrected chi connectivity index (χ2v) is 3.00. The predicted octanol–water partition coefficient (Wildman–Crippen LogP) is 1.87. The van der Waals surface area contributed by atoms with Gasteiger partial charge in [0.2, 0.25) is 0 Å². The van der Waals surface area contributed by atoms with E-state index in [0.717, 1.165) is 25.7 Å². The van der Waals surface area contributed by atoms with E-state index in [-0.39, 0.29) is 0 Å². The summed E-state index contributed by atoms with van der Waals surface area (Å²) >= 11 is 0. The molecule has 0 saturated heterocycles. The van der Waals surface area contributed by atoms with Gasteiger partial charge in [0.25, 0.3) is 0 Å². The Morgan fingerprint density at radius 3 is 2.67 bits per heavy atom. The summed E-state index contributed by atoms with van der Waals surface area (Å²) < 4.78 is 0. The molecule has 0 spiro atoms. The summed E-state index contributed by atoms with van der Waals surface area (Å²) in [6, 6.07) is 0. The lowest BCUT2D eigenvalue weighted by molar-refractivity contribution is 0.0468. The Bertz CT molecular complexity index is 129. The average Bonchev–Trinajstić information content (AvgIpc) is 2.13. The van der Waals surface area contributed by atoms with Crippen molar-refractivity contribution in [3.05, 3.63) is 12.2 Å². The van der Waals surface area contributed by atoms with Crippen LogP contribution in [0, 0.1) is 0 Å². The van der Waals surface area contributed by atoms with Crippen molar-refractivity contribution >= 4 is 0 Å². The summed E-state index contributed by atoms with van der Waals surface area (Å²) in [6.45, 7) is 5.86. The Kier molecular flexibility index (Phi) is 1.62. The lowest BCUT2D eigenvalue weighted by Gasteiger charge is -2.18. The molecule has 9 heavy (non-hydrogen) atoms. The number of hydrogen-bond acceptors (Lipinski definition) is 1. The standard InChI is InChI=1S/C8H14O/c1-3-8(9)5-4-7(2)6-8/h9H,2-6H2,1H3. The third-order valence-corrected chi connectivity index (χ3v) is 2.18. The zero-order valence-electron chi connectivity index (χ0n) is 5.98. The molecule has 0 radical (unpaired) electrons. The SMILES string of the molecule is C=C1CCC(O)(CC)C1. The molecule has 1 heteroatoms. The molecule has 0 aromatic heterocycles. The predicted molar refractivity (Wildman–Crippen MR) is 38.2 cm³/mol. The molecule has 1 unspecified atom stereocenters. The lowest BCUT2D eigenvalue weighted by atomic mass is 9.99. The highest BCUT2D eigenvalue weighted by atomic mass is 16.3. The van der Waals surface area contributed by atoms with Crippen LogP contribution in [-0.4, -0.2) is 10.7 Å². The van der Waals surface area contributed by atoms with Gasteiger partial charge in [-0.05, 0) is 25.7 Å². The summed E-state index contributed by atoms with van der Waals surface area (Å²) in [7, 11) is 0. The van der Waals surface area contributed by atoms with Gasteiger partial charge in [0.15, 0.2) is 0 Å². The molecule has 1 fully saturated rings. The largest absolute Gasteiger partial charge is 0.390 e. The van der Waals surface area contributed by atoms with Crippen molar-refractivity contribution in [3.8, 4) is 0 Å². The fourth-order valence-electron chi connectivity index (χ4n) is 1.35. The van der Waals surface area contributed by atoms with E-state index in [4.69, 9.17) is 0 Å². The molecule has 0 aromatic rings.